The van der Waals surface area contributed by atoms with Crippen LogP contribution >= 0.6 is 0 Å². The van der Waals surface area contributed by atoms with Crippen molar-refractivity contribution in [1.82, 2.24) is 5.16 Å². The molecule has 0 saturated carbocycles. The first-order chi connectivity index (χ1) is 11.7. The predicted molar refractivity (Wildman–Crippen MR) is 95.0 cm³/mol. The summed E-state index contributed by atoms with van der Waals surface area (Å²) in [5, 5.41) is 4.15. The number of aromatic nitrogens is 1. The van der Waals surface area contributed by atoms with Crippen molar-refractivity contribution < 1.29 is 9.26 Å². The Balaban J connectivity index is 1.96. The summed E-state index contributed by atoms with van der Waals surface area (Å²) in [5.74, 6) is 1.74. The first-order valence-electron chi connectivity index (χ1n) is 8.08. The molecule has 0 bridgehead atoms. The van der Waals surface area contributed by atoms with Crippen LogP contribution in [0.1, 0.15) is 33.7 Å². The van der Waals surface area contributed by atoms with E-state index >= 15 is 0 Å². The number of hydrogen-bond acceptors (Lipinski definition) is 3. The van der Waals surface area contributed by atoms with Gasteiger partial charge in [0.25, 0.3) is 0 Å². The molecule has 0 saturated heterocycles. The maximum absolute atomic E-state index is 5.42. The zero-order valence-corrected chi connectivity index (χ0v) is 14.1. The van der Waals surface area contributed by atoms with E-state index in [1.807, 2.05) is 26.0 Å². The van der Waals surface area contributed by atoms with E-state index in [0.29, 0.717) is 0 Å². The summed E-state index contributed by atoms with van der Waals surface area (Å²) in [6, 6.07) is 16.8. The van der Waals surface area contributed by atoms with Crippen LogP contribution in [-0.2, 0) is 6.42 Å². The van der Waals surface area contributed by atoms with Crippen molar-refractivity contribution in [3.63, 3.8) is 0 Å². The number of nitrogens with zero attached hydrogens (tertiary/aromatic N) is 1. The molecule has 0 fully saturated rings. The van der Waals surface area contributed by atoms with Crippen LogP contribution in [-0.4, -0.2) is 12.3 Å². The lowest BCUT2D eigenvalue weighted by molar-refractivity contribution is 0.393. The van der Waals surface area contributed by atoms with Crippen LogP contribution in [0.5, 0.6) is 5.75 Å². The normalized spacial score (nSPS) is 13.3. The fourth-order valence-electron chi connectivity index (χ4n) is 3.57. The molecule has 2 aromatic carbocycles. The third-order valence-electron chi connectivity index (χ3n) is 4.67. The molecule has 0 unspecified atom stereocenters. The van der Waals surface area contributed by atoms with Gasteiger partial charge in [-0.05, 0) is 60.2 Å². The molecule has 1 aliphatic rings. The molecule has 1 aliphatic carbocycles. The molecule has 120 valence electrons. The van der Waals surface area contributed by atoms with Gasteiger partial charge in [0, 0.05) is 5.56 Å². The van der Waals surface area contributed by atoms with Crippen LogP contribution in [0, 0.1) is 13.8 Å². The van der Waals surface area contributed by atoms with Crippen LogP contribution in [0.3, 0.4) is 0 Å². The minimum Gasteiger partial charge on any atom is -0.497 e. The number of methoxy groups -OCH3 is 1. The third-order valence-corrected chi connectivity index (χ3v) is 4.67. The van der Waals surface area contributed by atoms with E-state index in [9.17, 15) is 0 Å². The van der Waals surface area contributed by atoms with Crippen molar-refractivity contribution >= 4 is 11.1 Å². The number of aryl methyl sites for hydroxylation is 2. The molecular weight excluding hydrogens is 298 g/mol. The van der Waals surface area contributed by atoms with Crippen molar-refractivity contribution in [2.24, 2.45) is 0 Å². The molecule has 1 heterocycles. The molecular formula is C21H19NO2. The lowest BCUT2D eigenvalue weighted by Crippen LogP contribution is -1.92. The molecule has 3 nitrogen and oxygen atoms in total. The summed E-state index contributed by atoms with van der Waals surface area (Å²) in [6.07, 6.45) is 0.903. The van der Waals surface area contributed by atoms with Crippen molar-refractivity contribution in [3.8, 4) is 5.75 Å². The van der Waals surface area contributed by atoms with Gasteiger partial charge in [-0.25, -0.2) is 0 Å². The molecule has 4 rings (SSSR count). The molecule has 3 heteroatoms. The van der Waals surface area contributed by atoms with Gasteiger partial charge in [-0.1, -0.05) is 41.6 Å². The monoisotopic (exact) mass is 317 g/mol. The number of benzene rings is 2. The zero-order chi connectivity index (χ0) is 16.7. The van der Waals surface area contributed by atoms with Crippen LogP contribution < -0.4 is 4.74 Å². The average Bonchev–Trinajstić information content (AvgIpc) is 3.14. The maximum atomic E-state index is 5.42. The van der Waals surface area contributed by atoms with Crippen LogP contribution in [0.2, 0.25) is 0 Å². The molecule has 0 spiro atoms. The quantitative estimate of drug-likeness (QED) is 0.695. The van der Waals surface area contributed by atoms with Gasteiger partial charge in [0.05, 0.1) is 12.8 Å². The Labute approximate surface area is 141 Å². The highest BCUT2D eigenvalue weighted by molar-refractivity contribution is 6.04. The highest BCUT2D eigenvalue weighted by Gasteiger charge is 2.27. The van der Waals surface area contributed by atoms with Crippen molar-refractivity contribution in [2.75, 3.05) is 7.11 Å². The molecule has 1 aromatic heterocycles. The molecule has 0 amide bonds. The summed E-state index contributed by atoms with van der Waals surface area (Å²) >= 11 is 0. The molecule has 0 aliphatic heterocycles. The lowest BCUT2D eigenvalue weighted by Gasteiger charge is -2.10. The number of hydrogen-bond donors (Lipinski definition) is 0. The van der Waals surface area contributed by atoms with Gasteiger partial charge in [0.1, 0.15) is 11.5 Å². The number of ether oxygens (including phenoxy) is 1. The highest BCUT2D eigenvalue weighted by atomic mass is 16.5. The summed E-state index contributed by atoms with van der Waals surface area (Å²) in [5.41, 5.74) is 8.46. The largest absolute Gasteiger partial charge is 0.497 e. The maximum Gasteiger partial charge on any atom is 0.141 e. The fraction of sp³-hybridized carbons (Fsp3) is 0.190. The second-order valence-electron chi connectivity index (χ2n) is 6.12. The summed E-state index contributed by atoms with van der Waals surface area (Å²) in [6.45, 7) is 3.99. The topological polar surface area (TPSA) is 35.3 Å². The first kappa shape index (κ1) is 14.8. The van der Waals surface area contributed by atoms with E-state index in [0.717, 1.165) is 29.2 Å². The standard InChI is InChI=1S/C21H19NO2/c1-13-20(14(2)24-22-13)19-12-16-6-4-5-7-18(16)21(19)15-8-10-17(23-3)11-9-15/h4-11H,12H2,1-3H3. The van der Waals surface area contributed by atoms with Gasteiger partial charge in [0.2, 0.25) is 0 Å². The molecule has 0 radical (unpaired) electrons. The van der Waals surface area contributed by atoms with E-state index in [2.05, 4.69) is 41.6 Å². The van der Waals surface area contributed by atoms with Gasteiger partial charge in [-0.2, -0.15) is 0 Å². The Bertz CT molecular complexity index is 913. The minimum absolute atomic E-state index is 0.865. The lowest BCUT2D eigenvalue weighted by atomic mass is 9.93. The SMILES string of the molecule is COc1ccc(C2=C(c3c(C)noc3C)Cc3ccccc32)cc1. The van der Waals surface area contributed by atoms with Crippen LogP contribution in [0.25, 0.3) is 11.1 Å². The van der Waals surface area contributed by atoms with Gasteiger partial charge < -0.3 is 9.26 Å². The average molecular weight is 317 g/mol. The Hall–Kier alpha value is -2.81. The smallest absolute Gasteiger partial charge is 0.141 e. The van der Waals surface area contributed by atoms with E-state index in [1.165, 1.54) is 27.8 Å². The van der Waals surface area contributed by atoms with E-state index < -0.39 is 0 Å². The number of rotatable bonds is 3. The van der Waals surface area contributed by atoms with Gasteiger partial charge in [0.15, 0.2) is 0 Å². The molecule has 24 heavy (non-hydrogen) atoms. The van der Waals surface area contributed by atoms with Crippen molar-refractivity contribution in [3.05, 3.63) is 82.2 Å². The van der Waals surface area contributed by atoms with Gasteiger partial charge in [-0.15, -0.1) is 0 Å². The second-order valence-corrected chi connectivity index (χ2v) is 6.12. The Morgan fingerprint density at radius 1 is 1.00 bits per heavy atom. The molecule has 0 atom stereocenters. The minimum atomic E-state index is 0.865. The van der Waals surface area contributed by atoms with Gasteiger partial charge in [-0.3, -0.25) is 0 Å². The molecule has 0 N–H and O–H groups in total. The van der Waals surface area contributed by atoms with Crippen LogP contribution in [0.4, 0.5) is 0 Å². The van der Waals surface area contributed by atoms with Crippen LogP contribution in [0.15, 0.2) is 53.1 Å². The van der Waals surface area contributed by atoms with Crippen molar-refractivity contribution in [1.29, 1.82) is 0 Å². The summed E-state index contributed by atoms with van der Waals surface area (Å²) in [4.78, 5) is 0. The van der Waals surface area contributed by atoms with E-state index in [4.69, 9.17) is 9.26 Å². The number of fused-ring (bicyclic) bond motifs is 1. The van der Waals surface area contributed by atoms with Gasteiger partial charge >= 0.3 is 0 Å². The predicted octanol–water partition coefficient (Wildman–Crippen LogP) is 4.82. The Morgan fingerprint density at radius 2 is 1.75 bits per heavy atom. The van der Waals surface area contributed by atoms with E-state index in [-0.39, 0.29) is 0 Å². The Morgan fingerprint density at radius 3 is 2.42 bits per heavy atom. The third kappa shape index (κ3) is 2.24. The summed E-state index contributed by atoms with van der Waals surface area (Å²) in [7, 11) is 1.69. The van der Waals surface area contributed by atoms with E-state index in [1.54, 1.807) is 7.11 Å². The Kier molecular flexibility index (Phi) is 3.49. The molecule has 3 aromatic rings. The second kappa shape index (κ2) is 5.68. The van der Waals surface area contributed by atoms with Crippen molar-refractivity contribution in [2.45, 2.75) is 20.3 Å². The fourth-order valence-corrected chi connectivity index (χ4v) is 3.57. The highest BCUT2D eigenvalue weighted by Crippen LogP contribution is 2.43. The first-order valence-corrected chi connectivity index (χ1v) is 8.08. The summed E-state index contributed by atoms with van der Waals surface area (Å²) < 4.78 is 10.7. The number of allylic oxidation sites excluding steroid dienone is 1. The zero-order valence-electron chi connectivity index (χ0n) is 14.1.